The summed E-state index contributed by atoms with van der Waals surface area (Å²) in [6, 6.07) is 13.9. The number of rotatable bonds is 6. The monoisotopic (exact) mass is 442 g/mol. The van der Waals surface area contributed by atoms with Gasteiger partial charge in [-0.1, -0.05) is 36.4 Å². The van der Waals surface area contributed by atoms with E-state index in [2.05, 4.69) is 4.98 Å². The van der Waals surface area contributed by atoms with Crippen molar-refractivity contribution in [3.63, 3.8) is 0 Å². The van der Waals surface area contributed by atoms with Gasteiger partial charge in [0.2, 0.25) is 15.9 Å². The molecule has 0 atom stereocenters. The molecule has 0 bridgehead atoms. The Morgan fingerprint density at radius 1 is 1.13 bits per heavy atom. The molecule has 4 rings (SSSR count). The fraction of sp³-hybridized carbons (Fsp3) is 0.273. The maximum absolute atomic E-state index is 12.9. The van der Waals surface area contributed by atoms with Gasteiger partial charge in [-0.25, -0.2) is 18.2 Å². The van der Waals surface area contributed by atoms with Crippen molar-refractivity contribution < 1.29 is 27.1 Å². The smallest absolute Gasteiger partial charge is 0.338 e. The minimum absolute atomic E-state index is 0.0504. The van der Waals surface area contributed by atoms with Crippen molar-refractivity contribution >= 4 is 16.0 Å². The van der Waals surface area contributed by atoms with Gasteiger partial charge in [-0.05, 0) is 24.6 Å². The number of ether oxygens (including phenoxy) is 2. The molecule has 1 aliphatic heterocycles. The number of benzene rings is 2. The second-order valence-corrected chi connectivity index (χ2v) is 8.99. The molecule has 0 spiro atoms. The highest BCUT2D eigenvalue weighted by Gasteiger charge is 2.27. The van der Waals surface area contributed by atoms with Gasteiger partial charge in [-0.15, -0.1) is 0 Å². The van der Waals surface area contributed by atoms with E-state index in [1.807, 2.05) is 30.3 Å². The van der Waals surface area contributed by atoms with E-state index < -0.39 is 16.0 Å². The third-order valence-electron chi connectivity index (χ3n) is 4.98. The van der Waals surface area contributed by atoms with Gasteiger partial charge in [-0.2, -0.15) is 4.31 Å². The van der Waals surface area contributed by atoms with Crippen LogP contribution in [0.1, 0.15) is 21.8 Å². The van der Waals surface area contributed by atoms with Crippen LogP contribution in [-0.4, -0.2) is 50.0 Å². The number of nitrogens with zero attached hydrogens (tertiary/aromatic N) is 2. The van der Waals surface area contributed by atoms with Gasteiger partial charge in [-0.3, -0.25) is 0 Å². The van der Waals surface area contributed by atoms with Crippen LogP contribution >= 0.6 is 0 Å². The Labute approximate surface area is 180 Å². The number of carbonyl (C=O) groups excluding carboxylic acids is 1. The minimum Gasteiger partial charge on any atom is -0.452 e. The molecule has 1 aliphatic rings. The average Bonchev–Trinajstić information content (AvgIpc) is 3.28. The molecule has 1 aromatic heterocycles. The molecule has 2 heterocycles. The molecular formula is C22H22N2O6S. The number of hydrogen-bond acceptors (Lipinski definition) is 7. The van der Waals surface area contributed by atoms with Crippen molar-refractivity contribution in [2.24, 2.45) is 0 Å². The molecule has 1 fully saturated rings. The van der Waals surface area contributed by atoms with Crippen LogP contribution in [0.5, 0.6) is 0 Å². The van der Waals surface area contributed by atoms with E-state index >= 15 is 0 Å². The molecule has 162 valence electrons. The summed E-state index contributed by atoms with van der Waals surface area (Å²) in [6.07, 6.45) is 1.57. The maximum Gasteiger partial charge on any atom is 0.338 e. The number of esters is 1. The van der Waals surface area contributed by atoms with Gasteiger partial charge >= 0.3 is 5.97 Å². The molecule has 0 N–H and O–H groups in total. The Bertz CT molecular complexity index is 1170. The van der Waals surface area contributed by atoms with E-state index in [9.17, 15) is 13.2 Å². The van der Waals surface area contributed by atoms with Crippen LogP contribution < -0.4 is 0 Å². The largest absolute Gasteiger partial charge is 0.452 e. The van der Waals surface area contributed by atoms with E-state index in [1.54, 1.807) is 19.2 Å². The van der Waals surface area contributed by atoms with Crippen LogP contribution in [0, 0.1) is 6.92 Å². The molecule has 0 saturated carbocycles. The number of aryl methyl sites for hydroxylation is 1. The molecule has 0 unspecified atom stereocenters. The summed E-state index contributed by atoms with van der Waals surface area (Å²) in [7, 11) is -3.71. The van der Waals surface area contributed by atoms with Gasteiger partial charge in [0.05, 0.1) is 29.9 Å². The molecular weight excluding hydrogens is 420 g/mol. The van der Waals surface area contributed by atoms with E-state index in [0.29, 0.717) is 24.5 Å². The Morgan fingerprint density at radius 2 is 1.87 bits per heavy atom. The second kappa shape index (κ2) is 9.01. The topological polar surface area (TPSA) is 98.9 Å². The van der Waals surface area contributed by atoms with Crippen molar-refractivity contribution in [2.75, 3.05) is 26.3 Å². The number of sulfonamides is 1. The second-order valence-electron chi connectivity index (χ2n) is 7.05. The van der Waals surface area contributed by atoms with Crippen LogP contribution in [-0.2, 0) is 26.1 Å². The first kappa shape index (κ1) is 21.2. The van der Waals surface area contributed by atoms with Crippen molar-refractivity contribution in [2.45, 2.75) is 18.4 Å². The SMILES string of the molecule is Cc1ccc(S(=O)(=O)N2CCOCC2)cc1C(=O)OCc1ncc(-c2ccccc2)o1. The van der Waals surface area contributed by atoms with Crippen molar-refractivity contribution in [1.29, 1.82) is 0 Å². The summed E-state index contributed by atoms with van der Waals surface area (Å²) in [4.78, 5) is 16.8. The number of carbonyl (C=O) groups is 1. The standard InChI is InChI=1S/C22H22N2O6S/c1-16-7-8-18(31(26,27)24-9-11-28-12-10-24)13-19(16)22(25)29-15-21-23-14-20(30-21)17-5-3-2-4-6-17/h2-8,13-14H,9-12,15H2,1H3. The third-order valence-corrected chi connectivity index (χ3v) is 6.87. The van der Waals surface area contributed by atoms with Crippen molar-refractivity contribution in [3.8, 4) is 11.3 Å². The fourth-order valence-corrected chi connectivity index (χ4v) is 4.67. The van der Waals surface area contributed by atoms with E-state index in [4.69, 9.17) is 13.9 Å². The van der Waals surface area contributed by atoms with E-state index in [0.717, 1.165) is 5.56 Å². The van der Waals surface area contributed by atoms with E-state index in [1.165, 1.54) is 16.4 Å². The summed E-state index contributed by atoms with van der Waals surface area (Å²) in [5, 5.41) is 0. The lowest BCUT2D eigenvalue weighted by atomic mass is 10.1. The Hall–Kier alpha value is -3.01. The van der Waals surface area contributed by atoms with Gasteiger partial charge < -0.3 is 13.9 Å². The molecule has 31 heavy (non-hydrogen) atoms. The highest BCUT2D eigenvalue weighted by Crippen LogP contribution is 2.23. The lowest BCUT2D eigenvalue weighted by Crippen LogP contribution is -2.40. The summed E-state index contributed by atoms with van der Waals surface area (Å²) in [5.74, 6) is 0.180. The number of oxazole rings is 1. The van der Waals surface area contributed by atoms with Gasteiger partial charge in [0.15, 0.2) is 12.4 Å². The van der Waals surface area contributed by atoms with Gasteiger partial charge in [0.1, 0.15) is 0 Å². The quantitative estimate of drug-likeness (QED) is 0.541. The zero-order valence-electron chi connectivity index (χ0n) is 17.0. The number of aromatic nitrogens is 1. The molecule has 8 nitrogen and oxygen atoms in total. The third kappa shape index (κ3) is 4.68. The maximum atomic E-state index is 12.9. The first-order chi connectivity index (χ1) is 14.9. The first-order valence-electron chi connectivity index (χ1n) is 9.81. The molecule has 0 aliphatic carbocycles. The number of morpholine rings is 1. The fourth-order valence-electron chi connectivity index (χ4n) is 3.24. The summed E-state index contributed by atoms with van der Waals surface area (Å²) >= 11 is 0. The summed E-state index contributed by atoms with van der Waals surface area (Å²) in [6.45, 7) is 2.82. The van der Waals surface area contributed by atoms with E-state index in [-0.39, 0.29) is 36.0 Å². The van der Waals surface area contributed by atoms with Gasteiger partial charge in [0.25, 0.3) is 0 Å². The molecule has 2 aromatic carbocycles. The van der Waals surface area contributed by atoms with Gasteiger partial charge in [0, 0.05) is 18.7 Å². The highest BCUT2D eigenvalue weighted by molar-refractivity contribution is 7.89. The van der Waals surface area contributed by atoms with Crippen LogP contribution in [0.4, 0.5) is 0 Å². The molecule has 0 amide bonds. The predicted octanol–water partition coefficient (Wildman–Crippen LogP) is 3.03. The Kier molecular flexibility index (Phi) is 6.17. The normalized spacial score (nSPS) is 15.0. The predicted molar refractivity (Wildman–Crippen MR) is 112 cm³/mol. The van der Waals surface area contributed by atoms with Crippen molar-refractivity contribution in [3.05, 3.63) is 71.7 Å². The molecule has 1 saturated heterocycles. The molecule has 0 radical (unpaired) electrons. The Morgan fingerprint density at radius 3 is 2.61 bits per heavy atom. The first-order valence-corrected chi connectivity index (χ1v) is 11.2. The Balaban J connectivity index is 1.47. The summed E-state index contributed by atoms with van der Waals surface area (Å²) in [5.41, 5.74) is 1.66. The minimum atomic E-state index is -3.71. The summed E-state index contributed by atoms with van der Waals surface area (Å²) < 4.78 is 43.3. The van der Waals surface area contributed by atoms with Crippen LogP contribution in [0.2, 0.25) is 0 Å². The lowest BCUT2D eigenvalue weighted by molar-refractivity contribution is 0.0437. The lowest BCUT2D eigenvalue weighted by Gasteiger charge is -2.26. The van der Waals surface area contributed by atoms with Crippen LogP contribution in [0.3, 0.4) is 0 Å². The zero-order chi connectivity index (χ0) is 21.8. The highest BCUT2D eigenvalue weighted by atomic mass is 32.2. The molecule has 3 aromatic rings. The zero-order valence-corrected chi connectivity index (χ0v) is 17.8. The number of hydrogen-bond donors (Lipinski definition) is 0. The van der Waals surface area contributed by atoms with Crippen LogP contribution in [0.25, 0.3) is 11.3 Å². The molecule has 9 heteroatoms. The van der Waals surface area contributed by atoms with Crippen molar-refractivity contribution in [1.82, 2.24) is 9.29 Å². The van der Waals surface area contributed by atoms with Crippen LogP contribution in [0.15, 0.2) is 64.0 Å². The average molecular weight is 442 g/mol.